The summed E-state index contributed by atoms with van der Waals surface area (Å²) >= 11 is 0. The zero-order chi connectivity index (χ0) is 21.5. The topological polar surface area (TPSA) is 105 Å². The van der Waals surface area contributed by atoms with E-state index in [1.807, 2.05) is 41.5 Å². The Morgan fingerprint density at radius 2 is 1.87 bits per heavy atom. The van der Waals surface area contributed by atoms with Crippen LogP contribution in [-0.4, -0.2) is 51.0 Å². The largest absolute Gasteiger partial charge is 0.444 e. The van der Waals surface area contributed by atoms with Crippen LogP contribution in [0.25, 0.3) is 0 Å². The third-order valence-electron chi connectivity index (χ3n) is 4.45. The zero-order valence-corrected chi connectivity index (χ0v) is 21.5. The summed E-state index contributed by atoms with van der Waals surface area (Å²) in [7, 11) is 0. The molecule has 0 aliphatic carbocycles. The molecule has 0 saturated carbocycles. The second-order valence-electron chi connectivity index (χ2n) is 9.05. The predicted molar refractivity (Wildman–Crippen MR) is 129 cm³/mol. The second kappa shape index (κ2) is 11.7. The first-order valence-electron chi connectivity index (χ1n) is 10.5. The standard InChI is InChI=1S/C20H37N7O2.HI/c1-7-21-17(23-14-20(5,6)24-18(28)29-19(2,3)4)22-13-16-26-25-15-11-9-8-10-12-27(15)16;/h7-14H2,1-6H3,(H,24,28)(H2,21,22,23);1H. The van der Waals surface area contributed by atoms with Gasteiger partial charge in [-0.2, -0.15) is 0 Å². The number of nitrogens with one attached hydrogen (secondary N) is 3. The van der Waals surface area contributed by atoms with Crippen LogP contribution in [0.15, 0.2) is 4.99 Å². The van der Waals surface area contributed by atoms with Gasteiger partial charge in [0.1, 0.15) is 18.0 Å². The van der Waals surface area contributed by atoms with Crippen molar-refractivity contribution in [1.29, 1.82) is 0 Å². The molecule has 0 fully saturated rings. The predicted octanol–water partition coefficient (Wildman–Crippen LogP) is 2.98. The van der Waals surface area contributed by atoms with Gasteiger partial charge in [0.25, 0.3) is 0 Å². The van der Waals surface area contributed by atoms with E-state index in [1.165, 1.54) is 12.8 Å². The molecule has 9 nitrogen and oxygen atoms in total. The lowest BCUT2D eigenvalue weighted by Crippen LogP contribution is -2.54. The van der Waals surface area contributed by atoms with Gasteiger partial charge in [0, 0.05) is 26.1 Å². The number of rotatable bonds is 6. The Kier molecular flexibility index (Phi) is 10.3. The lowest BCUT2D eigenvalue weighted by Gasteiger charge is -2.29. The molecule has 1 aromatic rings. The molecule has 3 N–H and O–H groups in total. The number of amides is 1. The van der Waals surface area contributed by atoms with Gasteiger partial charge in [-0.25, -0.2) is 9.79 Å². The minimum absolute atomic E-state index is 0. The van der Waals surface area contributed by atoms with E-state index in [4.69, 9.17) is 4.74 Å². The number of hydrogen-bond acceptors (Lipinski definition) is 5. The number of nitrogens with zero attached hydrogens (tertiary/aromatic N) is 4. The molecule has 172 valence electrons. The van der Waals surface area contributed by atoms with E-state index >= 15 is 0 Å². The number of alkyl carbamates (subject to hydrolysis) is 1. The Hall–Kier alpha value is -1.59. The molecule has 1 aromatic heterocycles. The van der Waals surface area contributed by atoms with E-state index in [-0.39, 0.29) is 24.0 Å². The van der Waals surface area contributed by atoms with E-state index in [2.05, 4.69) is 35.7 Å². The van der Waals surface area contributed by atoms with Crippen LogP contribution >= 0.6 is 24.0 Å². The van der Waals surface area contributed by atoms with Crippen LogP contribution in [0, 0.1) is 0 Å². The monoisotopic (exact) mass is 535 g/mol. The number of aliphatic imine (C=N–C) groups is 1. The molecule has 1 aliphatic heterocycles. The summed E-state index contributed by atoms with van der Waals surface area (Å²) in [6.45, 7) is 14.1. The minimum atomic E-state index is -0.528. The minimum Gasteiger partial charge on any atom is -0.444 e. The summed E-state index contributed by atoms with van der Waals surface area (Å²) in [5.41, 5.74) is -1.04. The van der Waals surface area contributed by atoms with E-state index in [0.29, 0.717) is 19.0 Å². The Bertz CT molecular complexity index is 710. The van der Waals surface area contributed by atoms with Crippen molar-refractivity contribution in [1.82, 2.24) is 30.7 Å². The van der Waals surface area contributed by atoms with E-state index in [1.54, 1.807) is 0 Å². The van der Waals surface area contributed by atoms with Crippen molar-refractivity contribution < 1.29 is 9.53 Å². The van der Waals surface area contributed by atoms with Gasteiger partial charge in [-0.3, -0.25) is 0 Å². The first-order valence-corrected chi connectivity index (χ1v) is 10.5. The first kappa shape index (κ1) is 26.4. The number of guanidine groups is 1. The van der Waals surface area contributed by atoms with Crippen molar-refractivity contribution in [2.24, 2.45) is 4.99 Å². The van der Waals surface area contributed by atoms with Gasteiger partial charge in [-0.1, -0.05) is 6.42 Å². The molecule has 0 unspecified atom stereocenters. The molecule has 0 aromatic carbocycles. The van der Waals surface area contributed by atoms with Crippen LogP contribution in [0.4, 0.5) is 4.79 Å². The van der Waals surface area contributed by atoms with Crippen LogP contribution in [0.3, 0.4) is 0 Å². The number of ether oxygens (including phenoxy) is 1. The fourth-order valence-corrected chi connectivity index (χ4v) is 3.08. The number of aromatic nitrogens is 3. The summed E-state index contributed by atoms with van der Waals surface area (Å²) < 4.78 is 7.55. The maximum Gasteiger partial charge on any atom is 0.408 e. The van der Waals surface area contributed by atoms with Crippen molar-refractivity contribution in [2.45, 2.75) is 91.5 Å². The van der Waals surface area contributed by atoms with Gasteiger partial charge in [0.05, 0.1) is 5.54 Å². The van der Waals surface area contributed by atoms with Crippen LogP contribution in [0.5, 0.6) is 0 Å². The van der Waals surface area contributed by atoms with Crippen molar-refractivity contribution >= 4 is 36.0 Å². The normalized spacial score (nSPS) is 14.8. The highest BCUT2D eigenvalue weighted by atomic mass is 127. The molecule has 0 spiro atoms. The summed E-state index contributed by atoms with van der Waals surface area (Å²) in [5.74, 6) is 2.64. The van der Waals surface area contributed by atoms with Gasteiger partial charge >= 0.3 is 6.09 Å². The number of halogens is 1. The third-order valence-corrected chi connectivity index (χ3v) is 4.45. The third kappa shape index (κ3) is 9.05. The van der Waals surface area contributed by atoms with E-state index in [0.717, 1.165) is 37.6 Å². The maximum absolute atomic E-state index is 12.1. The molecule has 30 heavy (non-hydrogen) atoms. The van der Waals surface area contributed by atoms with Gasteiger partial charge in [-0.05, 0) is 54.4 Å². The summed E-state index contributed by atoms with van der Waals surface area (Å²) in [5, 5.41) is 18.1. The van der Waals surface area contributed by atoms with Crippen molar-refractivity contribution in [3.63, 3.8) is 0 Å². The van der Waals surface area contributed by atoms with Crippen LogP contribution in [0.1, 0.15) is 72.5 Å². The van der Waals surface area contributed by atoms with Gasteiger partial charge < -0.3 is 25.3 Å². The molecular weight excluding hydrogens is 497 g/mol. The number of carbonyl (C=O) groups excluding carboxylic acids is 1. The number of aryl methyl sites for hydroxylation is 1. The van der Waals surface area contributed by atoms with Gasteiger partial charge in [-0.15, -0.1) is 34.2 Å². The highest BCUT2D eigenvalue weighted by molar-refractivity contribution is 14.0. The Morgan fingerprint density at radius 3 is 2.53 bits per heavy atom. The average molecular weight is 535 g/mol. The maximum atomic E-state index is 12.1. The summed E-state index contributed by atoms with van der Waals surface area (Å²) in [6, 6.07) is 0. The van der Waals surface area contributed by atoms with E-state index in [9.17, 15) is 4.79 Å². The fourth-order valence-electron chi connectivity index (χ4n) is 3.08. The van der Waals surface area contributed by atoms with Crippen molar-refractivity contribution in [3.05, 3.63) is 11.6 Å². The molecule has 2 rings (SSSR count). The number of hydrogen-bond donors (Lipinski definition) is 3. The lowest BCUT2D eigenvalue weighted by molar-refractivity contribution is 0.0474. The highest BCUT2D eigenvalue weighted by Gasteiger charge is 2.25. The SMILES string of the molecule is CCNC(=NCc1nnc2n1CCCCC2)NCC(C)(C)NC(=O)OC(C)(C)C.I. The molecule has 1 aliphatic rings. The lowest BCUT2D eigenvalue weighted by atomic mass is 10.1. The highest BCUT2D eigenvalue weighted by Crippen LogP contribution is 2.15. The smallest absolute Gasteiger partial charge is 0.408 e. The van der Waals surface area contributed by atoms with Crippen LogP contribution < -0.4 is 16.0 Å². The van der Waals surface area contributed by atoms with Crippen molar-refractivity contribution in [2.75, 3.05) is 13.1 Å². The quantitative estimate of drug-likeness (QED) is 0.294. The van der Waals surface area contributed by atoms with Crippen LogP contribution in [-0.2, 0) is 24.2 Å². The molecule has 0 saturated heterocycles. The molecule has 0 radical (unpaired) electrons. The second-order valence-corrected chi connectivity index (χ2v) is 9.05. The Labute approximate surface area is 197 Å². The molecule has 1 amide bonds. The molecular formula is C20H38IN7O2. The fraction of sp³-hybridized carbons (Fsp3) is 0.800. The van der Waals surface area contributed by atoms with Crippen LogP contribution in [0.2, 0.25) is 0 Å². The first-order chi connectivity index (χ1) is 13.6. The Morgan fingerprint density at radius 1 is 1.13 bits per heavy atom. The van der Waals surface area contributed by atoms with Gasteiger partial charge in [0.15, 0.2) is 11.8 Å². The summed E-state index contributed by atoms with van der Waals surface area (Å²) in [6.07, 6.45) is 4.11. The Balaban J connectivity index is 0.00000450. The summed E-state index contributed by atoms with van der Waals surface area (Å²) in [4.78, 5) is 16.7. The molecule has 0 atom stereocenters. The molecule has 10 heteroatoms. The number of carbonyl (C=O) groups is 1. The number of fused-ring (bicyclic) bond motifs is 1. The van der Waals surface area contributed by atoms with Crippen molar-refractivity contribution in [3.8, 4) is 0 Å². The average Bonchev–Trinajstić information content (AvgIpc) is 2.82. The molecule has 0 bridgehead atoms. The molecule has 2 heterocycles. The zero-order valence-electron chi connectivity index (χ0n) is 19.2. The van der Waals surface area contributed by atoms with Gasteiger partial charge in [0.2, 0.25) is 0 Å². The van der Waals surface area contributed by atoms with E-state index < -0.39 is 17.2 Å².